The van der Waals surface area contributed by atoms with Crippen molar-refractivity contribution in [2.24, 2.45) is 16.1 Å². The summed E-state index contributed by atoms with van der Waals surface area (Å²) in [5.74, 6) is 0.959. The van der Waals surface area contributed by atoms with Crippen LogP contribution in [0.2, 0.25) is 0 Å². The van der Waals surface area contributed by atoms with Crippen LogP contribution >= 0.6 is 0 Å². The number of aromatic nitrogens is 2. The van der Waals surface area contributed by atoms with E-state index in [-0.39, 0.29) is 23.5 Å². The summed E-state index contributed by atoms with van der Waals surface area (Å²) in [5.41, 5.74) is 8.59. The predicted octanol–water partition coefficient (Wildman–Crippen LogP) is 2.17. The molecule has 152 valence electrons. The molecule has 3 heterocycles. The van der Waals surface area contributed by atoms with Crippen LogP contribution in [0.1, 0.15) is 31.4 Å². The van der Waals surface area contributed by atoms with Crippen molar-refractivity contribution in [3.05, 3.63) is 42.5 Å². The molecule has 8 heteroatoms. The molecule has 2 aliphatic rings. The van der Waals surface area contributed by atoms with Crippen molar-refractivity contribution in [3.8, 4) is 16.9 Å². The van der Waals surface area contributed by atoms with Crippen molar-refractivity contribution in [2.45, 2.75) is 31.9 Å². The molecule has 1 amide bonds. The Balaban J connectivity index is 1.87. The van der Waals surface area contributed by atoms with E-state index in [4.69, 9.17) is 20.2 Å². The van der Waals surface area contributed by atoms with Gasteiger partial charge in [0.15, 0.2) is 5.96 Å². The zero-order valence-corrected chi connectivity index (χ0v) is 16.6. The minimum Gasteiger partial charge on any atom is -0.489 e. The molecule has 0 spiro atoms. The van der Waals surface area contributed by atoms with E-state index in [0.717, 1.165) is 35.3 Å². The number of nitrogens with two attached hydrogens (primary N) is 1. The number of amides is 1. The lowest BCUT2D eigenvalue weighted by Crippen LogP contribution is -2.53. The summed E-state index contributed by atoms with van der Waals surface area (Å²) in [4.78, 5) is 25.5. The van der Waals surface area contributed by atoms with Crippen LogP contribution in [0.4, 0.5) is 0 Å². The second-order valence-electron chi connectivity index (χ2n) is 7.52. The number of rotatable bonds is 4. The van der Waals surface area contributed by atoms with Crippen LogP contribution in [0.15, 0.2) is 41.9 Å². The van der Waals surface area contributed by atoms with Gasteiger partial charge in [-0.3, -0.25) is 9.69 Å². The molecule has 2 aliphatic heterocycles. The molecule has 1 aromatic carbocycles. The maximum absolute atomic E-state index is 11.2. The van der Waals surface area contributed by atoms with Gasteiger partial charge in [0.25, 0.3) is 0 Å². The largest absolute Gasteiger partial charge is 0.489 e. The summed E-state index contributed by atoms with van der Waals surface area (Å²) in [7, 11) is 1.59. The number of hydrogen-bond donors (Lipinski definition) is 1. The Hall–Kier alpha value is -3.00. The summed E-state index contributed by atoms with van der Waals surface area (Å²) in [6, 6.07) is 5.72. The molecule has 29 heavy (non-hydrogen) atoms. The van der Waals surface area contributed by atoms with Gasteiger partial charge in [-0.1, -0.05) is 13.0 Å². The van der Waals surface area contributed by atoms with Gasteiger partial charge in [0, 0.05) is 37.0 Å². The van der Waals surface area contributed by atoms with E-state index in [2.05, 4.69) is 23.0 Å². The molecule has 0 saturated carbocycles. The van der Waals surface area contributed by atoms with Gasteiger partial charge in [-0.2, -0.15) is 0 Å². The van der Waals surface area contributed by atoms with Crippen molar-refractivity contribution in [2.75, 3.05) is 20.3 Å². The molecule has 1 fully saturated rings. The van der Waals surface area contributed by atoms with Gasteiger partial charge in [0.1, 0.15) is 18.2 Å². The Bertz CT molecular complexity index is 920. The molecule has 1 saturated heterocycles. The molecule has 0 radical (unpaired) electrons. The van der Waals surface area contributed by atoms with E-state index in [0.29, 0.717) is 19.6 Å². The van der Waals surface area contributed by atoms with Crippen molar-refractivity contribution < 1.29 is 14.3 Å². The normalized spacial score (nSPS) is 26.1. The van der Waals surface area contributed by atoms with E-state index < -0.39 is 0 Å². The first-order valence-corrected chi connectivity index (χ1v) is 9.74. The van der Waals surface area contributed by atoms with Crippen LogP contribution in [-0.4, -0.2) is 53.6 Å². The van der Waals surface area contributed by atoms with Gasteiger partial charge >= 0.3 is 0 Å². The van der Waals surface area contributed by atoms with Crippen LogP contribution < -0.4 is 10.5 Å². The molecule has 8 nitrogen and oxygen atoms in total. The fourth-order valence-electron chi connectivity index (χ4n) is 4.22. The maximum atomic E-state index is 11.2. The van der Waals surface area contributed by atoms with Gasteiger partial charge in [-0.05, 0) is 24.1 Å². The van der Waals surface area contributed by atoms with E-state index in [1.165, 1.54) is 11.2 Å². The molecular weight excluding hydrogens is 370 g/mol. The lowest BCUT2D eigenvalue weighted by atomic mass is 9.67. The van der Waals surface area contributed by atoms with Crippen molar-refractivity contribution in [1.29, 1.82) is 0 Å². The quantitative estimate of drug-likeness (QED) is 0.483. The monoisotopic (exact) mass is 395 g/mol. The Morgan fingerprint density at radius 2 is 2.17 bits per heavy atom. The first-order chi connectivity index (χ1) is 14.1. The highest BCUT2D eigenvalue weighted by molar-refractivity contribution is 5.87. The number of carbonyl (C=O) groups is 1. The fraction of sp³-hybridized carbons (Fsp3) is 0.429. The molecule has 0 bridgehead atoms. The standard InChI is InChI=1S/C21H25N5O3/c1-3-21-11-28-7-6-18(21)29-17-5-4-14(15-9-23-12-24-10-15)8-16(17)19(21)25-20(22)26(2)13-27/h4-5,8-10,12-13,18-19H,3,6-7,11H2,1-2H3,(H2,22,25)/t18-,19?,21-/m1/s1. The third kappa shape index (κ3) is 3.33. The highest BCUT2D eigenvalue weighted by atomic mass is 16.5. The van der Waals surface area contributed by atoms with Crippen LogP contribution in [0.5, 0.6) is 5.75 Å². The molecule has 2 N–H and O–H groups in total. The topological polar surface area (TPSA) is 103 Å². The Morgan fingerprint density at radius 1 is 1.38 bits per heavy atom. The molecular formula is C21H25N5O3. The minimum absolute atomic E-state index is 0.0252. The molecule has 1 aromatic heterocycles. The van der Waals surface area contributed by atoms with Gasteiger partial charge in [0.05, 0.1) is 24.7 Å². The number of aliphatic imine (C=N–C) groups is 1. The van der Waals surface area contributed by atoms with E-state index in [9.17, 15) is 4.79 Å². The smallest absolute Gasteiger partial charge is 0.216 e. The van der Waals surface area contributed by atoms with E-state index in [1.807, 2.05) is 12.1 Å². The van der Waals surface area contributed by atoms with Crippen molar-refractivity contribution >= 4 is 12.4 Å². The third-order valence-corrected chi connectivity index (χ3v) is 5.99. The second-order valence-corrected chi connectivity index (χ2v) is 7.52. The number of nitrogens with zero attached hydrogens (tertiary/aromatic N) is 4. The van der Waals surface area contributed by atoms with Gasteiger partial charge in [-0.15, -0.1) is 0 Å². The number of benzene rings is 1. The lowest BCUT2D eigenvalue weighted by Gasteiger charge is -2.50. The third-order valence-electron chi connectivity index (χ3n) is 5.99. The molecule has 1 unspecified atom stereocenters. The summed E-state index contributed by atoms with van der Waals surface area (Å²) in [6.45, 7) is 3.30. The SMILES string of the molecule is CC[C@@]12COCC[C@H]1Oc1ccc(-c3cncnc3)cc1C2N=C(N)N(C)C=O. The van der Waals surface area contributed by atoms with Crippen LogP contribution in [0, 0.1) is 5.41 Å². The van der Waals surface area contributed by atoms with Crippen molar-refractivity contribution in [3.63, 3.8) is 0 Å². The number of fused-ring (bicyclic) bond motifs is 2. The number of carbonyl (C=O) groups excluding carboxylic acids is 1. The highest BCUT2D eigenvalue weighted by Crippen LogP contribution is 2.54. The molecule has 0 aliphatic carbocycles. The average molecular weight is 395 g/mol. The van der Waals surface area contributed by atoms with Crippen molar-refractivity contribution in [1.82, 2.24) is 14.9 Å². The first kappa shape index (κ1) is 19.3. The van der Waals surface area contributed by atoms with E-state index >= 15 is 0 Å². The van der Waals surface area contributed by atoms with E-state index in [1.54, 1.807) is 19.4 Å². The Kier molecular flexibility index (Phi) is 5.19. The number of guanidine groups is 1. The highest BCUT2D eigenvalue weighted by Gasteiger charge is 2.52. The van der Waals surface area contributed by atoms with Crippen LogP contribution in [0.3, 0.4) is 0 Å². The molecule has 3 atom stereocenters. The average Bonchev–Trinajstić information content (AvgIpc) is 2.78. The van der Waals surface area contributed by atoms with Gasteiger partial charge in [-0.25, -0.2) is 15.0 Å². The summed E-state index contributed by atoms with van der Waals surface area (Å²) >= 11 is 0. The Labute approximate surface area is 169 Å². The lowest BCUT2D eigenvalue weighted by molar-refractivity contribution is -0.115. The molecule has 4 rings (SSSR count). The minimum atomic E-state index is -0.356. The fourth-order valence-corrected chi connectivity index (χ4v) is 4.22. The second kappa shape index (κ2) is 7.79. The van der Waals surface area contributed by atoms with Crippen LogP contribution in [-0.2, 0) is 9.53 Å². The summed E-state index contributed by atoms with van der Waals surface area (Å²) in [6.07, 6.45) is 7.27. The predicted molar refractivity (Wildman–Crippen MR) is 108 cm³/mol. The Morgan fingerprint density at radius 3 is 2.90 bits per heavy atom. The molecule has 2 aromatic rings. The first-order valence-electron chi connectivity index (χ1n) is 9.74. The summed E-state index contributed by atoms with van der Waals surface area (Å²) in [5, 5.41) is 0. The zero-order chi connectivity index (χ0) is 20.4. The summed E-state index contributed by atoms with van der Waals surface area (Å²) < 4.78 is 12.3. The van der Waals surface area contributed by atoms with Gasteiger partial charge in [0.2, 0.25) is 6.41 Å². The number of ether oxygens (including phenoxy) is 2. The number of hydrogen-bond acceptors (Lipinski definition) is 6. The maximum Gasteiger partial charge on any atom is 0.216 e. The van der Waals surface area contributed by atoms with Crippen LogP contribution in [0.25, 0.3) is 11.1 Å². The zero-order valence-electron chi connectivity index (χ0n) is 16.6. The van der Waals surface area contributed by atoms with Gasteiger partial charge < -0.3 is 15.2 Å².